The van der Waals surface area contributed by atoms with Gasteiger partial charge in [0.05, 0.1) is 0 Å². The highest BCUT2D eigenvalue weighted by Crippen LogP contribution is 2.17. The van der Waals surface area contributed by atoms with Crippen molar-refractivity contribution in [2.75, 3.05) is 19.6 Å². The molecular formula is C11H23N3O. The zero-order chi connectivity index (χ0) is 11.5. The van der Waals surface area contributed by atoms with Gasteiger partial charge in [0.25, 0.3) is 0 Å². The quantitative estimate of drug-likeness (QED) is 0.723. The van der Waals surface area contributed by atoms with Crippen LogP contribution >= 0.6 is 0 Å². The van der Waals surface area contributed by atoms with Gasteiger partial charge in [-0.1, -0.05) is 20.8 Å². The summed E-state index contributed by atoms with van der Waals surface area (Å²) < 4.78 is 0. The van der Waals surface area contributed by atoms with E-state index >= 15 is 0 Å². The minimum Gasteiger partial charge on any atom is -0.337 e. The first-order chi connectivity index (χ1) is 6.94. The van der Waals surface area contributed by atoms with E-state index in [4.69, 9.17) is 5.73 Å². The molecule has 4 nitrogen and oxygen atoms in total. The number of carbonyl (C=O) groups excluding carboxylic acids is 1. The molecule has 1 aliphatic heterocycles. The number of nitrogens with zero attached hydrogens (tertiary/aromatic N) is 1. The van der Waals surface area contributed by atoms with Crippen molar-refractivity contribution in [3.63, 3.8) is 0 Å². The third-order valence-corrected chi connectivity index (χ3v) is 2.68. The van der Waals surface area contributed by atoms with Crippen molar-refractivity contribution in [2.24, 2.45) is 11.1 Å². The van der Waals surface area contributed by atoms with Crippen molar-refractivity contribution in [1.29, 1.82) is 0 Å². The summed E-state index contributed by atoms with van der Waals surface area (Å²) in [6.07, 6.45) is 2.12. The highest BCUT2D eigenvalue weighted by molar-refractivity contribution is 5.74. The molecule has 0 aliphatic carbocycles. The zero-order valence-electron chi connectivity index (χ0n) is 10.0. The molecule has 1 saturated heterocycles. The van der Waals surface area contributed by atoms with E-state index in [0.717, 1.165) is 19.4 Å². The average molecular weight is 213 g/mol. The van der Waals surface area contributed by atoms with E-state index in [0.29, 0.717) is 13.1 Å². The Kier molecular flexibility index (Phi) is 3.97. The van der Waals surface area contributed by atoms with E-state index in [1.807, 2.05) is 4.90 Å². The van der Waals surface area contributed by atoms with Crippen LogP contribution in [0.15, 0.2) is 0 Å². The Balaban J connectivity index is 2.40. The SMILES string of the molecule is CC(C)(C)CNC(=O)N1CCCC1CN. The summed E-state index contributed by atoms with van der Waals surface area (Å²) in [6, 6.07) is 0.280. The predicted molar refractivity (Wildman–Crippen MR) is 61.6 cm³/mol. The van der Waals surface area contributed by atoms with Crippen molar-refractivity contribution in [2.45, 2.75) is 39.7 Å². The van der Waals surface area contributed by atoms with Crippen LogP contribution in [0.2, 0.25) is 0 Å². The monoisotopic (exact) mass is 213 g/mol. The molecule has 0 aromatic rings. The number of rotatable bonds is 2. The van der Waals surface area contributed by atoms with Crippen LogP contribution in [0, 0.1) is 5.41 Å². The van der Waals surface area contributed by atoms with Crippen LogP contribution in [0.1, 0.15) is 33.6 Å². The second-order valence-corrected chi connectivity index (χ2v) is 5.44. The molecule has 1 fully saturated rings. The molecule has 15 heavy (non-hydrogen) atoms. The van der Waals surface area contributed by atoms with Crippen LogP contribution in [0.3, 0.4) is 0 Å². The lowest BCUT2D eigenvalue weighted by atomic mass is 9.97. The first-order valence-corrected chi connectivity index (χ1v) is 5.68. The highest BCUT2D eigenvalue weighted by atomic mass is 16.2. The molecule has 1 atom stereocenters. The van der Waals surface area contributed by atoms with Crippen molar-refractivity contribution >= 4 is 6.03 Å². The van der Waals surface area contributed by atoms with Gasteiger partial charge in [-0.2, -0.15) is 0 Å². The standard InChI is InChI=1S/C11H23N3O/c1-11(2,3)8-13-10(15)14-6-4-5-9(14)7-12/h9H,4-8,12H2,1-3H3,(H,13,15). The number of likely N-dealkylation sites (tertiary alicyclic amines) is 1. The van der Waals surface area contributed by atoms with E-state index in [2.05, 4.69) is 26.1 Å². The molecule has 0 spiro atoms. The van der Waals surface area contributed by atoms with Gasteiger partial charge in [0.2, 0.25) is 0 Å². The van der Waals surface area contributed by atoms with Crippen molar-refractivity contribution in [3.8, 4) is 0 Å². The molecule has 1 aliphatic rings. The molecule has 2 amide bonds. The predicted octanol–water partition coefficient (Wildman–Crippen LogP) is 1.17. The molecule has 1 unspecified atom stereocenters. The number of urea groups is 1. The Hall–Kier alpha value is -0.770. The highest BCUT2D eigenvalue weighted by Gasteiger charge is 2.27. The topological polar surface area (TPSA) is 58.4 Å². The lowest BCUT2D eigenvalue weighted by molar-refractivity contribution is 0.189. The maximum absolute atomic E-state index is 11.8. The second kappa shape index (κ2) is 4.84. The van der Waals surface area contributed by atoms with E-state index in [1.165, 1.54) is 0 Å². The van der Waals surface area contributed by atoms with Gasteiger partial charge in [0.1, 0.15) is 0 Å². The molecule has 1 heterocycles. The molecule has 88 valence electrons. The van der Waals surface area contributed by atoms with Gasteiger partial charge in [0.15, 0.2) is 0 Å². The molecule has 3 N–H and O–H groups in total. The number of nitrogens with two attached hydrogens (primary N) is 1. The van der Waals surface area contributed by atoms with Gasteiger partial charge >= 0.3 is 6.03 Å². The molecular weight excluding hydrogens is 190 g/mol. The molecule has 0 aromatic heterocycles. The van der Waals surface area contributed by atoms with Crippen LogP contribution < -0.4 is 11.1 Å². The first kappa shape index (κ1) is 12.3. The normalized spacial score (nSPS) is 21.9. The maximum Gasteiger partial charge on any atom is 0.317 e. The Morgan fingerprint density at radius 3 is 2.73 bits per heavy atom. The minimum absolute atomic E-state index is 0.0397. The zero-order valence-corrected chi connectivity index (χ0v) is 10.0. The van der Waals surface area contributed by atoms with E-state index < -0.39 is 0 Å². The fraction of sp³-hybridized carbons (Fsp3) is 0.909. The van der Waals surface area contributed by atoms with Gasteiger partial charge in [-0.25, -0.2) is 4.79 Å². The number of hydrogen-bond acceptors (Lipinski definition) is 2. The van der Waals surface area contributed by atoms with E-state index in [9.17, 15) is 4.79 Å². The number of nitrogens with one attached hydrogen (secondary N) is 1. The number of carbonyl (C=O) groups is 1. The molecule has 4 heteroatoms. The number of amides is 2. The lowest BCUT2D eigenvalue weighted by Gasteiger charge is -2.26. The Labute approximate surface area is 92.2 Å². The average Bonchev–Trinajstić information content (AvgIpc) is 2.60. The Bertz CT molecular complexity index is 222. The summed E-state index contributed by atoms with van der Waals surface area (Å²) in [4.78, 5) is 13.7. The number of hydrogen-bond donors (Lipinski definition) is 2. The fourth-order valence-corrected chi connectivity index (χ4v) is 1.79. The largest absolute Gasteiger partial charge is 0.337 e. The third kappa shape index (κ3) is 3.70. The Morgan fingerprint density at radius 2 is 2.20 bits per heavy atom. The molecule has 0 radical (unpaired) electrons. The smallest absolute Gasteiger partial charge is 0.317 e. The van der Waals surface area contributed by atoms with Crippen molar-refractivity contribution < 1.29 is 4.79 Å². The van der Waals surface area contributed by atoms with Gasteiger partial charge in [-0.3, -0.25) is 0 Å². The summed E-state index contributed by atoms with van der Waals surface area (Å²) in [7, 11) is 0. The van der Waals surface area contributed by atoms with Crippen LogP contribution in [0.25, 0.3) is 0 Å². The van der Waals surface area contributed by atoms with Gasteiger partial charge in [-0.15, -0.1) is 0 Å². The summed E-state index contributed by atoms with van der Waals surface area (Å²) in [5.41, 5.74) is 5.75. The fourth-order valence-electron chi connectivity index (χ4n) is 1.79. The van der Waals surface area contributed by atoms with Gasteiger partial charge in [0, 0.05) is 25.7 Å². The molecule has 1 rings (SSSR count). The molecule has 0 aromatic carbocycles. The lowest BCUT2D eigenvalue weighted by Crippen LogP contribution is -2.47. The first-order valence-electron chi connectivity index (χ1n) is 5.68. The molecule has 0 saturated carbocycles. The van der Waals surface area contributed by atoms with Crippen LogP contribution in [-0.2, 0) is 0 Å². The third-order valence-electron chi connectivity index (χ3n) is 2.68. The second-order valence-electron chi connectivity index (χ2n) is 5.44. The summed E-state index contributed by atoms with van der Waals surface area (Å²) in [6.45, 7) is 8.45. The molecule has 0 bridgehead atoms. The van der Waals surface area contributed by atoms with Crippen molar-refractivity contribution in [1.82, 2.24) is 10.2 Å². The van der Waals surface area contributed by atoms with Crippen LogP contribution in [-0.4, -0.2) is 36.6 Å². The van der Waals surface area contributed by atoms with Crippen LogP contribution in [0.5, 0.6) is 0 Å². The van der Waals surface area contributed by atoms with E-state index in [1.54, 1.807) is 0 Å². The van der Waals surface area contributed by atoms with E-state index in [-0.39, 0.29) is 17.5 Å². The maximum atomic E-state index is 11.8. The van der Waals surface area contributed by atoms with Crippen molar-refractivity contribution in [3.05, 3.63) is 0 Å². The summed E-state index contributed by atoms with van der Waals surface area (Å²) >= 11 is 0. The van der Waals surface area contributed by atoms with Gasteiger partial charge < -0.3 is 16.0 Å². The van der Waals surface area contributed by atoms with Crippen LogP contribution in [0.4, 0.5) is 4.79 Å². The minimum atomic E-state index is 0.0397. The summed E-state index contributed by atoms with van der Waals surface area (Å²) in [5.74, 6) is 0. The summed E-state index contributed by atoms with van der Waals surface area (Å²) in [5, 5.41) is 2.96. The Morgan fingerprint density at radius 1 is 1.53 bits per heavy atom. The van der Waals surface area contributed by atoms with Gasteiger partial charge in [-0.05, 0) is 18.3 Å².